The standard InChI is InChI=1S/C19H23N5/c1-2-3-4-14-5-7-16(8-6-14)24-12-15(11-23-24)18-19-17(9-10-20-18)21-13-22-19/h5-8,11-13,18,20H,2-4,9-10H2,1H3,(H,21,22)/t18-/m1/s1. The molecule has 24 heavy (non-hydrogen) atoms. The molecule has 1 aliphatic heterocycles. The van der Waals surface area contributed by atoms with Gasteiger partial charge in [0.05, 0.1) is 29.9 Å². The Morgan fingerprint density at radius 2 is 2.12 bits per heavy atom. The maximum absolute atomic E-state index is 4.55. The zero-order chi connectivity index (χ0) is 16.4. The van der Waals surface area contributed by atoms with Crippen LogP contribution in [0.1, 0.15) is 48.3 Å². The van der Waals surface area contributed by atoms with Gasteiger partial charge >= 0.3 is 0 Å². The third-order valence-corrected chi connectivity index (χ3v) is 4.70. The van der Waals surface area contributed by atoms with E-state index in [0.29, 0.717) is 0 Å². The second-order valence-corrected chi connectivity index (χ2v) is 6.39. The summed E-state index contributed by atoms with van der Waals surface area (Å²) < 4.78 is 1.95. The predicted octanol–water partition coefficient (Wildman–Crippen LogP) is 3.17. The summed E-state index contributed by atoms with van der Waals surface area (Å²) in [6, 6.07) is 8.83. The van der Waals surface area contributed by atoms with Gasteiger partial charge in [-0.15, -0.1) is 0 Å². The average molecular weight is 321 g/mol. The van der Waals surface area contributed by atoms with Gasteiger partial charge in [-0.25, -0.2) is 9.67 Å². The van der Waals surface area contributed by atoms with Gasteiger partial charge in [0.15, 0.2) is 0 Å². The van der Waals surface area contributed by atoms with Gasteiger partial charge in [-0.05, 0) is 30.5 Å². The molecule has 3 heterocycles. The zero-order valence-electron chi connectivity index (χ0n) is 14.0. The van der Waals surface area contributed by atoms with E-state index in [2.05, 4.69) is 57.8 Å². The Labute approximate surface area is 142 Å². The van der Waals surface area contributed by atoms with Crippen LogP contribution in [-0.2, 0) is 12.8 Å². The van der Waals surface area contributed by atoms with E-state index in [0.717, 1.165) is 36.3 Å². The fraction of sp³-hybridized carbons (Fsp3) is 0.368. The van der Waals surface area contributed by atoms with Crippen LogP contribution in [-0.4, -0.2) is 26.3 Å². The van der Waals surface area contributed by atoms with Crippen LogP contribution in [0.25, 0.3) is 5.69 Å². The fourth-order valence-corrected chi connectivity index (χ4v) is 3.32. The molecule has 1 aromatic carbocycles. The van der Waals surface area contributed by atoms with Crippen LogP contribution in [0, 0.1) is 0 Å². The lowest BCUT2D eigenvalue weighted by molar-refractivity contribution is 0.553. The van der Waals surface area contributed by atoms with Crippen molar-refractivity contribution in [1.29, 1.82) is 0 Å². The minimum Gasteiger partial charge on any atom is -0.348 e. The number of imidazole rings is 1. The number of hydrogen-bond donors (Lipinski definition) is 2. The highest BCUT2D eigenvalue weighted by Gasteiger charge is 2.24. The van der Waals surface area contributed by atoms with E-state index in [9.17, 15) is 0 Å². The summed E-state index contributed by atoms with van der Waals surface area (Å²) in [4.78, 5) is 7.72. The molecule has 0 saturated heterocycles. The van der Waals surface area contributed by atoms with Crippen LogP contribution in [0.3, 0.4) is 0 Å². The van der Waals surface area contributed by atoms with E-state index in [1.54, 1.807) is 6.33 Å². The first-order valence-electron chi connectivity index (χ1n) is 8.74. The Morgan fingerprint density at radius 1 is 1.25 bits per heavy atom. The van der Waals surface area contributed by atoms with Crippen LogP contribution >= 0.6 is 0 Å². The Hall–Kier alpha value is -2.40. The van der Waals surface area contributed by atoms with E-state index < -0.39 is 0 Å². The maximum atomic E-state index is 4.55. The normalized spacial score (nSPS) is 17.0. The molecule has 0 radical (unpaired) electrons. The number of aryl methyl sites for hydroxylation is 1. The second kappa shape index (κ2) is 6.61. The third kappa shape index (κ3) is 2.87. The van der Waals surface area contributed by atoms with Gasteiger partial charge in [-0.3, -0.25) is 0 Å². The monoisotopic (exact) mass is 321 g/mol. The number of unbranched alkanes of at least 4 members (excludes halogenated alkanes) is 1. The summed E-state index contributed by atoms with van der Waals surface area (Å²) >= 11 is 0. The highest BCUT2D eigenvalue weighted by Crippen LogP contribution is 2.26. The molecule has 1 atom stereocenters. The molecule has 0 aliphatic carbocycles. The van der Waals surface area contributed by atoms with E-state index in [4.69, 9.17) is 0 Å². The van der Waals surface area contributed by atoms with E-state index in [-0.39, 0.29) is 6.04 Å². The first kappa shape index (κ1) is 15.1. The highest BCUT2D eigenvalue weighted by molar-refractivity contribution is 5.36. The van der Waals surface area contributed by atoms with Crippen molar-refractivity contribution in [2.75, 3.05) is 6.54 Å². The molecular weight excluding hydrogens is 298 g/mol. The van der Waals surface area contributed by atoms with Gasteiger partial charge in [0, 0.05) is 30.4 Å². The number of nitrogens with one attached hydrogen (secondary N) is 2. The SMILES string of the molecule is CCCCc1ccc(-n2cc([C@H]3NCCc4[nH]cnc43)cn2)cc1. The number of hydrogen-bond acceptors (Lipinski definition) is 3. The lowest BCUT2D eigenvalue weighted by atomic mass is 10.0. The lowest BCUT2D eigenvalue weighted by Gasteiger charge is -2.21. The van der Waals surface area contributed by atoms with Gasteiger partial charge in [-0.2, -0.15) is 5.10 Å². The molecule has 5 heteroatoms. The van der Waals surface area contributed by atoms with Crippen molar-refractivity contribution in [2.45, 2.75) is 38.6 Å². The Kier molecular flexibility index (Phi) is 4.17. The molecule has 0 spiro atoms. The third-order valence-electron chi connectivity index (χ3n) is 4.70. The Bertz CT molecular complexity index is 799. The quantitative estimate of drug-likeness (QED) is 0.759. The molecule has 3 aromatic rings. The molecule has 124 valence electrons. The van der Waals surface area contributed by atoms with Crippen LogP contribution in [0.5, 0.6) is 0 Å². The highest BCUT2D eigenvalue weighted by atomic mass is 15.3. The van der Waals surface area contributed by atoms with E-state index in [1.165, 1.54) is 24.1 Å². The lowest BCUT2D eigenvalue weighted by Crippen LogP contribution is -2.30. The van der Waals surface area contributed by atoms with Gasteiger partial charge < -0.3 is 10.3 Å². The summed E-state index contributed by atoms with van der Waals surface area (Å²) in [6.45, 7) is 3.18. The van der Waals surface area contributed by atoms with E-state index in [1.807, 2.05) is 10.9 Å². The molecule has 1 aliphatic rings. The van der Waals surface area contributed by atoms with Crippen molar-refractivity contribution in [1.82, 2.24) is 25.1 Å². The second-order valence-electron chi connectivity index (χ2n) is 6.39. The molecule has 0 bridgehead atoms. The van der Waals surface area contributed by atoms with Crippen LogP contribution in [0.2, 0.25) is 0 Å². The summed E-state index contributed by atoms with van der Waals surface area (Å²) in [5.74, 6) is 0. The Balaban J connectivity index is 1.55. The number of fused-ring (bicyclic) bond motifs is 1. The number of benzene rings is 1. The first-order valence-corrected chi connectivity index (χ1v) is 8.74. The minimum atomic E-state index is 0.123. The summed E-state index contributed by atoms with van der Waals surface area (Å²) in [7, 11) is 0. The average Bonchev–Trinajstić information content (AvgIpc) is 3.29. The molecule has 0 unspecified atom stereocenters. The van der Waals surface area contributed by atoms with Crippen LogP contribution in [0.4, 0.5) is 0 Å². The predicted molar refractivity (Wildman–Crippen MR) is 94.3 cm³/mol. The van der Waals surface area contributed by atoms with Crippen molar-refractivity contribution in [3.8, 4) is 5.69 Å². The largest absolute Gasteiger partial charge is 0.348 e. The molecule has 0 fully saturated rings. The summed E-state index contributed by atoms with van der Waals surface area (Å²) in [5, 5.41) is 8.09. The molecule has 0 amide bonds. The van der Waals surface area contributed by atoms with Crippen molar-refractivity contribution in [3.05, 3.63) is 65.5 Å². The molecule has 4 rings (SSSR count). The number of nitrogens with zero attached hydrogens (tertiary/aromatic N) is 3. The topological polar surface area (TPSA) is 58.5 Å². The number of aromatic amines is 1. The number of rotatable bonds is 5. The van der Waals surface area contributed by atoms with Crippen LogP contribution < -0.4 is 5.32 Å². The van der Waals surface area contributed by atoms with Gasteiger partial charge in [0.2, 0.25) is 0 Å². The smallest absolute Gasteiger partial charge is 0.0926 e. The van der Waals surface area contributed by atoms with Crippen LogP contribution in [0.15, 0.2) is 43.0 Å². The summed E-state index contributed by atoms with van der Waals surface area (Å²) in [5.41, 5.74) is 5.96. The molecule has 5 nitrogen and oxygen atoms in total. The van der Waals surface area contributed by atoms with Crippen molar-refractivity contribution >= 4 is 0 Å². The molecule has 2 aromatic heterocycles. The summed E-state index contributed by atoms with van der Waals surface area (Å²) in [6.07, 6.45) is 10.4. The molecular formula is C19H23N5. The van der Waals surface area contributed by atoms with Gasteiger partial charge in [-0.1, -0.05) is 25.5 Å². The fourth-order valence-electron chi connectivity index (χ4n) is 3.32. The van der Waals surface area contributed by atoms with Crippen molar-refractivity contribution in [3.63, 3.8) is 0 Å². The van der Waals surface area contributed by atoms with Crippen molar-refractivity contribution in [2.24, 2.45) is 0 Å². The minimum absolute atomic E-state index is 0.123. The first-order chi connectivity index (χ1) is 11.8. The van der Waals surface area contributed by atoms with Gasteiger partial charge in [0.25, 0.3) is 0 Å². The number of H-pyrrole nitrogens is 1. The molecule has 0 saturated carbocycles. The maximum Gasteiger partial charge on any atom is 0.0926 e. The van der Waals surface area contributed by atoms with Gasteiger partial charge in [0.1, 0.15) is 0 Å². The number of aromatic nitrogens is 4. The Morgan fingerprint density at radius 3 is 2.96 bits per heavy atom. The molecule has 2 N–H and O–H groups in total. The van der Waals surface area contributed by atoms with E-state index >= 15 is 0 Å². The van der Waals surface area contributed by atoms with Crippen molar-refractivity contribution < 1.29 is 0 Å². The zero-order valence-corrected chi connectivity index (χ0v) is 14.0.